The van der Waals surface area contributed by atoms with Crippen LogP contribution in [0, 0.1) is 0 Å². The van der Waals surface area contributed by atoms with E-state index in [4.69, 9.17) is 14.2 Å². The fourth-order valence-electron chi connectivity index (χ4n) is 3.33. The van der Waals surface area contributed by atoms with Crippen molar-refractivity contribution in [3.05, 3.63) is 52.0 Å². The molecule has 134 valence electrons. The van der Waals surface area contributed by atoms with Gasteiger partial charge in [-0.2, -0.15) is 0 Å². The molecule has 2 aliphatic heterocycles. The van der Waals surface area contributed by atoms with Crippen LogP contribution in [-0.2, 0) is 27.3 Å². The number of rotatable bonds is 7. The van der Waals surface area contributed by atoms with Crippen LogP contribution in [0.5, 0.6) is 0 Å². The SMILES string of the molecule is c1ccc(CN(Cc2cnc(C3OCCO3)s2)C[C@@H]2CCCO2)cc1. The van der Waals surface area contributed by atoms with Gasteiger partial charge in [0.2, 0.25) is 6.29 Å². The summed E-state index contributed by atoms with van der Waals surface area (Å²) in [5, 5.41) is 0.921. The highest BCUT2D eigenvalue weighted by Crippen LogP contribution is 2.28. The maximum absolute atomic E-state index is 5.85. The molecule has 2 aliphatic rings. The largest absolute Gasteiger partial charge is 0.377 e. The fourth-order valence-corrected chi connectivity index (χ4v) is 4.29. The Kier molecular flexibility index (Phi) is 5.74. The fraction of sp³-hybridized carbons (Fsp3) is 0.526. The first kappa shape index (κ1) is 17.1. The monoisotopic (exact) mass is 360 g/mol. The second kappa shape index (κ2) is 8.38. The van der Waals surface area contributed by atoms with Crippen LogP contribution in [0.2, 0.25) is 0 Å². The molecular weight excluding hydrogens is 336 g/mol. The van der Waals surface area contributed by atoms with Gasteiger partial charge in [0.05, 0.1) is 19.3 Å². The van der Waals surface area contributed by atoms with E-state index in [1.165, 1.54) is 16.9 Å². The van der Waals surface area contributed by atoms with E-state index in [-0.39, 0.29) is 6.29 Å². The Labute approximate surface area is 152 Å². The smallest absolute Gasteiger partial charge is 0.211 e. The minimum Gasteiger partial charge on any atom is -0.377 e. The molecule has 1 atom stereocenters. The van der Waals surface area contributed by atoms with E-state index in [0.29, 0.717) is 19.3 Å². The van der Waals surface area contributed by atoms with Crippen molar-refractivity contribution >= 4 is 11.3 Å². The summed E-state index contributed by atoms with van der Waals surface area (Å²) in [5.74, 6) is 0. The van der Waals surface area contributed by atoms with Crippen molar-refractivity contribution in [3.63, 3.8) is 0 Å². The molecule has 0 N–H and O–H groups in total. The molecule has 3 heterocycles. The van der Waals surface area contributed by atoms with Gasteiger partial charge in [0.1, 0.15) is 5.01 Å². The van der Waals surface area contributed by atoms with Gasteiger partial charge >= 0.3 is 0 Å². The van der Waals surface area contributed by atoms with Gasteiger partial charge in [-0.1, -0.05) is 30.3 Å². The first-order valence-electron chi connectivity index (χ1n) is 8.92. The summed E-state index contributed by atoms with van der Waals surface area (Å²) in [6.45, 7) is 4.95. The van der Waals surface area contributed by atoms with Crippen LogP contribution in [0.25, 0.3) is 0 Å². The lowest BCUT2D eigenvalue weighted by Crippen LogP contribution is -2.31. The van der Waals surface area contributed by atoms with Gasteiger partial charge in [-0.05, 0) is 18.4 Å². The highest BCUT2D eigenvalue weighted by atomic mass is 32.1. The lowest BCUT2D eigenvalue weighted by molar-refractivity contribution is -0.0442. The lowest BCUT2D eigenvalue weighted by atomic mass is 10.2. The maximum atomic E-state index is 5.85. The summed E-state index contributed by atoms with van der Waals surface area (Å²) in [6, 6.07) is 10.6. The third-order valence-electron chi connectivity index (χ3n) is 4.51. The summed E-state index contributed by atoms with van der Waals surface area (Å²) < 4.78 is 17.0. The van der Waals surface area contributed by atoms with Crippen LogP contribution in [-0.4, -0.2) is 42.4 Å². The Bertz CT molecular complexity index is 652. The van der Waals surface area contributed by atoms with Crippen molar-refractivity contribution < 1.29 is 14.2 Å². The zero-order chi connectivity index (χ0) is 16.9. The standard InChI is InChI=1S/C19H24N2O3S/c1-2-5-15(6-3-1)12-21(13-16-7-4-8-22-16)14-17-11-20-18(25-17)19-23-9-10-24-19/h1-3,5-6,11,16,19H,4,7-10,12-14H2/t16-/m0/s1. The zero-order valence-electron chi connectivity index (χ0n) is 14.3. The number of hydrogen-bond acceptors (Lipinski definition) is 6. The third kappa shape index (κ3) is 4.65. The molecule has 0 radical (unpaired) electrons. The topological polar surface area (TPSA) is 43.8 Å². The van der Waals surface area contributed by atoms with Crippen molar-refractivity contribution in [2.45, 2.75) is 38.3 Å². The Balaban J connectivity index is 1.43. The first-order chi connectivity index (χ1) is 12.4. The van der Waals surface area contributed by atoms with Crippen molar-refractivity contribution in [3.8, 4) is 0 Å². The quantitative estimate of drug-likeness (QED) is 0.757. The van der Waals surface area contributed by atoms with Gasteiger partial charge < -0.3 is 14.2 Å². The van der Waals surface area contributed by atoms with Crippen molar-refractivity contribution in [2.75, 3.05) is 26.4 Å². The van der Waals surface area contributed by atoms with E-state index in [2.05, 4.69) is 40.2 Å². The highest BCUT2D eigenvalue weighted by Gasteiger charge is 2.23. The average Bonchev–Trinajstić information content (AvgIpc) is 3.38. The minimum absolute atomic E-state index is 0.278. The molecule has 0 aliphatic carbocycles. The summed E-state index contributed by atoms with van der Waals surface area (Å²) in [4.78, 5) is 8.20. The predicted molar refractivity (Wildman–Crippen MR) is 96.3 cm³/mol. The van der Waals surface area contributed by atoms with Crippen molar-refractivity contribution in [1.82, 2.24) is 9.88 Å². The average molecular weight is 360 g/mol. The van der Waals surface area contributed by atoms with Gasteiger partial charge in [-0.25, -0.2) is 4.98 Å². The molecule has 0 bridgehead atoms. The Hall–Kier alpha value is -1.31. The summed E-state index contributed by atoms with van der Waals surface area (Å²) in [6.07, 6.45) is 4.35. The number of benzene rings is 1. The molecule has 4 rings (SSSR count). The van der Waals surface area contributed by atoms with Crippen molar-refractivity contribution in [2.24, 2.45) is 0 Å². The zero-order valence-corrected chi connectivity index (χ0v) is 15.1. The predicted octanol–water partition coefficient (Wildman–Crippen LogP) is 3.37. The Morgan fingerprint density at radius 3 is 2.64 bits per heavy atom. The summed E-state index contributed by atoms with van der Waals surface area (Å²) >= 11 is 1.68. The molecule has 2 fully saturated rings. The molecule has 1 aromatic carbocycles. The molecule has 2 aromatic rings. The molecule has 0 spiro atoms. The Morgan fingerprint density at radius 2 is 1.88 bits per heavy atom. The molecule has 2 saturated heterocycles. The minimum atomic E-state index is -0.278. The lowest BCUT2D eigenvalue weighted by Gasteiger charge is -2.24. The van der Waals surface area contributed by atoms with E-state index >= 15 is 0 Å². The number of thiazole rings is 1. The maximum Gasteiger partial charge on any atom is 0.211 e. The van der Waals surface area contributed by atoms with Gasteiger partial charge in [0, 0.05) is 37.3 Å². The normalized spacial score (nSPS) is 21.4. The van der Waals surface area contributed by atoms with E-state index in [9.17, 15) is 0 Å². The molecule has 25 heavy (non-hydrogen) atoms. The molecule has 0 amide bonds. The van der Waals surface area contributed by atoms with Gasteiger partial charge in [0.15, 0.2) is 0 Å². The van der Waals surface area contributed by atoms with E-state index in [1.807, 2.05) is 6.20 Å². The molecule has 0 unspecified atom stereocenters. The van der Waals surface area contributed by atoms with E-state index in [0.717, 1.165) is 37.7 Å². The second-order valence-corrected chi connectivity index (χ2v) is 7.68. The highest BCUT2D eigenvalue weighted by molar-refractivity contribution is 7.11. The van der Waals surface area contributed by atoms with Gasteiger partial charge in [-0.3, -0.25) is 4.90 Å². The van der Waals surface area contributed by atoms with Crippen LogP contribution >= 0.6 is 11.3 Å². The molecular formula is C19H24N2O3S. The number of hydrogen-bond donors (Lipinski definition) is 0. The molecule has 6 heteroatoms. The van der Waals surface area contributed by atoms with Gasteiger partial charge in [0.25, 0.3) is 0 Å². The van der Waals surface area contributed by atoms with Crippen LogP contribution in [0.1, 0.15) is 34.6 Å². The van der Waals surface area contributed by atoms with Crippen LogP contribution < -0.4 is 0 Å². The van der Waals surface area contributed by atoms with Crippen molar-refractivity contribution in [1.29, 1.82) is 0 Å². The number of nitrogens with zero attached hydrogens (tertiary/aromatic N) is 2. The second-order valence-electron chi connectivity index (χ2n) is 6.53. The number of aromatic nitrogens is 1. The van der Waals surface area contributed by atoms with E-state index in [1.54, 1.807) is 11.3 Å². The van der Waals surface area contributed by atoms with Crippen LogP contribution in [0.3, 0.4) is 0 Å². The number of ether oxygens (including phenoxy) is 3. The summed E-state index contributed by atoms with van der Waals surface area (Å²) in [5.41, 5.74) is 1.33. The first-order valence-corrected chi connectivity index (χ1v) is 9.74. The molecule has 1 aromatic heterocycles. The molecule has 0 saturated carbocycles. The van der Waals surface area contributed by atoms with Crippen LogP contribution in [0.15, 0.2) is 36.5 Å². The third-order valence-corrected chi connectivity index (χ3v) is 5.51. The van der Waals surface area contributed by atoms with Crippen LogP contribution in [0.4, 0.5) is 0 Å². The Morgan fingerprint density at radius 1 is 1.04 bits per heavy atom. The van der Waals surface area contributed by atoms with E-state index < -0.39 is 0 Å². The van der Waals surface area contributed by atoms with Gasteiger partial charge in [-0.15, -0.1) is 11.3 Å². The molecule has 5 nitrogen and oxygen atoms in total. The summed E-state index contributed by atoms with van der Waals surface area (Å²) in [7, 11) is 0.